The van der Waals surface area contributed by atoms with Crippen molar-refractivity contribution in [3.63, 3.8) is 0 Å². The number of allylic oxidation sites excluding steroid dienone is 2. The molecule has 0 unspecified atom stereocenters. The third-order valence-electron chi connectivity index (χ3n) is 7.03. The number of aryl methyl sites for hydroxylation is 1. The normalized spacial score (nSPS) is 19.9. The molecule has 2 aromatic rings. The molecule has 1 aromatic heterocycles. The van der Waals surface area contributed by atoms with Gasteiger partial charge in [-0.15, -0.1) is 0 Å². The van der Waals surface area contributed by atoms with Crippen LogP contribution in [0.4, 0.5) is 0 Å². The number of rotatable bonds is 5. The van der Waals surface area contributed by atoms with Crippen LogP contribution >= 0.6 is 0 Å². The first kappa shape index (κ1) is 23.8. The summed E-state index contributed by atoms with van der Waals surface area (Å²) in [6, 6.07) is 8.65. The predicted octanol–water partition coefficient (Wildman–Crippen LogP) is 5.92. The van der Waals surface area contributed by atoms with Crippen LogP contribution in [0.5, 0.6) is 0 Å². The minimum atomic E-state index is -0.301. The molecule has 4 rings (SSSR count). The quantitative estimate of drug-likeness (QED) is 0.582. The Morgan fingerprint density at radius 3 is 2.15 bits per heavy atom. The number of aromatic nitrogens is 1. The lowest BCUT2D eigenvalue weighted by Gasteiger charge is -2.33. The summed E-state index contributed by atoms with van der Waals surface area (Å²) in [5, 5.41) is 0. The van der Waals surface area contributed by atoms with E-state index >= 15 is 0 Å². The molecule has 0 spiro atoms. The summed E-state index contributed by atoms with van der Waals surface area (Å²) in [5.74, 6) is 0. The van der Waals surface area contributed by atoms with Crippen LogP contribution in [0.1, 0.15) is 76.0 Å². The molecule has 0 aliphatic carbocycles. The average molecular weight is 444 g/mol. The van der Waals surface area contributed by atoms with E-state index in [-0.39, 0.29) is 12.5 Å². The summed E-state index contributed by atoms with van der Waals surface area (Å²) >= 11 is 0. The minimum absolute atomic E-state index is 0.0627. The van der Waals surface area contributed by atoms with Crippen LogP contribution in [0.25, 0.3) is 5.57 Å². The fourth-order valence-corrected chi connectivity index (χ4v) is 5.16. The van der Waals surface area contributed by atoms with Crippen LogP contribution in [0.15, 0.2) is 46.1 Å². The molecule has 0 bridgehead atoms. The molecule has 1 fully saturated rings. The number of hydrogen-bond acceptors (Lipinski definition) is 3. The summed E-state index contributed by atoms with van der Waals surface area (Å²) in [4.78, 5) is 8.76. The second kappa shape index (κ2) is 9.11. The van der Waals surface area contributed by atoms with Gasteiger partial charge in [-0.2, -0.15) is 0 Å². The number of aromatic amines is 1. The third kappa shape index (κ3) is 4.41. The zero-order valence-electron chi connectivity index (χ0n) is 21.5. The Hall–Kier alpha value is -2.37. The molecule has 0 radical (unpaired) electrons. The molecule has 1 saturated heterocycles. The Morgan fingerprint density at radius 1 is 1.00 bits per heavy atom. The first-order chi connectivity index (χ1) is 15.7. The van der Waals surface area contributed by atoms with E-state index < -0.39 is 0 Å². The van der Waals surface area contributed by atoms with Crippen LogP contribution in [0, 0.1) is 19.3 Å². The molecular weight excluding hydrogens is 407 g/mol. The first-order valence-corrected chi connectivity index (χ1v) is 12.2. The van der Waals surface area contributed by atoms with E-state index in [4.69, 9.17) is 14.3 Å². The molecule has 2 aliphatic heterocycles. The highest BCUT2D eigenvalue weighted by atomic mass is 16.6. The molecule has 2 aliphatic rings. The maximum absolute atomic E-state index is 6.01. The van der Waals surface area contributed by atoms with Crippen molar-refractivity contribution in [1.29, 1.82) is 0 Å². The second-order valence-electron chi connectivity index (χ2n) is 10.2. The van der Waals surface area contributed by atoms with Gasteiger partial charge in [-0.05, 0) is 73.8 Å². The van der Waals surface area contributed by atoms with E-state index in [1.54, 1.807) is 0 Å². The Balaban J connectivity index is 1.81. The van der Waals surface area contributed by atoms with Gasteiger partial charge >= 0.3 is 7.12 Å². The van der Waals surface area contributed by atoms with Gasteiger partial charge in [0.05, 0.1) is 11.4 Å². The SMILES string of the molecule is CCC1=C(C)/C(=C(\c2ccc(B3OCC(C)(C)CO3)cc2)c2[nH]c(C)c(CC)c2C)N=C1C. The van der Waals surface area contributed by atoms with Gasteiger partial charge in [-0.25, -0.2) is 0 Å². The van der Waals surface area contributed by atoms with Crippen molar-refractivity contribution in [2.45, 2.75) is 68.2 Å². The third-order valence-corrected chi connectivity index (χ3v) is 7.03. The monoisotopic (exact) mass is 444 g/mol. The highest BCUT2D eigenvalue weighted by Gasteiger charge is 2.33. The average Bonchev–Trinajstić information content (AvgIpc) is 3.23. The van der Waals surface area contributed by atoms with Gasteiger partial charge in [-0.3, -0.25) is 4.99 Å². The molecule has 5 heteroatoms. The number of nitrogens with zero attached hydrogens (tertiary/aromatic N) is 1. The van der Waals surface area contributed by atoms with Crippen LogP contribution in [0.2, 0.25) is 0 Å². The lowest BCUT2D eigenvalue weighted by Crippen LogP contribution is -2.47. The second-order valence-corrected chi connectivity index (χ2v) is 10.2. The van der Waals surface area contributed by atoms with E-state index in [9.17, 15) is 0 Å². The number of nitrogens with one attached hydrogen (secondary N) is 1. The Labute approximate surface area is 199 Å². The summed E-state index contributed by atoms with van der Waals surface area (Å²) in [5.41, 5.74) is 13.4. The van der Waals surface area contributed by atoms with Gasteiger partial charge in [0.15, 0.2) is 0 Å². The predicted molar refractivity (Wildman–Crippen MR) is 139 cm³/mol. The molecular formula is C28H37BN2O2. The van der Waals surface area contributed by atoms with Crippen molar-refractivity contribution in [3.05, 3.63) is 69.2 Å². The van der Waals surface area contributed by atoms with Crippen LogP contribution in [0.3, 0.4) is 0 Å². The zero-order valence-corrected chi connectivity index (χ0v) is 21.5. The lowest BCUT2D eigenvalue weighted by atomic mass is 9.75. The van der Waals surface area contributed by atoms with E-state index in [2.05, 4.69) is 84.6 Å². The molecule has 1 N–H and O–H groups in total. The van der Waals surface area contributed by atoms with E-state index in [0.29, 0.717) is 13.2 Å². The highest BCUT2D eigenvalue weighted by molar-refractivity contribution is 6.61. The maximum Gasteiger partial charge on any atom is 0.493 e. The largest absolute Gasteiger partial charge is 0.493 e. The number of H-pyrrole nitrogens is 1. The summed E-state index contributed by atoms with van der Waals surface area (Å²) in [6.07, 6.45) is 2.01. The molecule has 33 heavy (non-hydrogen) atoms. The van der Waals surface area contributed by atoms with Gasteiger partial charge in [0.25, 0.3) is 0 Å². The Bertz CT molecular complexity index is 1140. The fourth-order valence-electron chi connectivity index (χ4n) is 5.16. The van der Waals surface area contributed by atoms with Gasteiger partial charge < -0.3 is 14.3 Å². The van der Waals surface area contributed by atoms with Gasteiger partial charge in [0, 0.05) is 35.6 Å². The van der Waals surface area contributed by atoms with Gasteiger partial charge in [-0.1, -0.05) is 52.0 Å². The van der Waals surface area contributed by atoms with Crippen molar-refractivity contribution in [3.8, 4) is 0 Å². The number of hydrogen-bond donors (Lipinski definition) is 1. The first-order valence-electron chi connectivity index (χ1n) is 12.2. The van der Waals surface area contributed by atoms with E-state index in [0.717, 1.165) is 35.3 Å². The van der Waals surface area contributed by atoms with Crippen LogP contribution < -0.4 is 5.46 Å². The Morgan fingerprint density at radius 2 is 1.64 bits per heavy atom. The molecule has 3 heterocycles. The highest BCUT2D eigenvalue weighted by Crippen LogP contribution is 2.38. The zero-order chi connectivity index (χ0) is 23.9. The van der Waals surface area contributed by atoms with E-state index in [1.807, 2.05) is 0 Å². The fraction of sp³-hybridized carbons (Fsp3) is 0.464. The topological polar surface area (TPSA) is 46.6 Å². The number of aliphatic imine (C=N–C) groups is 1. The standard InChI is InChI=1S/C28H37BN2O2/c1-9-23-17(3)26(30-19(23)5)25(27-18(4)24(10-2)20(6)31-27)21-11-13-22(14-12-21)29-32-15-28(7,8)16-33-29/h11-14,30H,9-10,15-16H2,1-8H3/b27-25-. The van der Waals surface area contributed by atoms with Crippen LogP contribution in [-0.4, -0.2) is 31.0 Å². The van der Waals surface area contributed by atoms with E-state index in [1.165, 1.54) is 39.2 Å². The minimum Gasteiger partial charge on any atom is -0.407 e. The Kier molecular flexibility index (Phi) is 6.57. The van der Waals surface area contributed by atoms with Crippen molar-refractivity contribution in [2.75, 3.05) is 13.2 Å². The lowest BCUT2D eigenvalue weighted by molar-refractivity contribution is 0.0343. The summed E-state index contributed by atoms with van der Waals surface area (Å²) in [7, 11) is -0.301. The van der Waals surface area contributed by atoms with Crippen LogP contribution in [-0.2, 0) is 15.7 Å². The molecule has 0 atom stereocenters. The smallest absolute Gasteiger partial charge is 0.407 e. The van der Waals surface area contributed by atoms with Gasteiger partial charge in [0.2, 0.25) is 0 Å². The number of benzene rings is 1. The molecule has 174 valence electrons. The molecule has 4 nitrogen and oxygen atoms in total. The molecule has 0 amide bonds. The van der Waals surface area contributed by atoms with Gasteiger partial charge in [0.1, 0.15) is 0 Å². The molecule has 1 aromatic carbocycles. The van der Waals surface area contributed by atoms with Crippen molar-refractivity contribution in [2.24, 2.45) is 10.4 Å². The summed E-state index contributed by atoms with van der Waals surface area (Å²) < 4.78 is 12.0. The summed E-state index contributed by atoms with van der Waals surface area (Å²) in [6.45, 7) is 18.9. The molecule has 0 saturated carbocycles. The van der Waals surface area contributed by atoms with Crippen molar-refractivity contribution < 1.29 is 9.31 Å². The van der Waals surface area contributed by atoms with Crippen molar-refractivity contribution in [1.82, 2.24) is 4.98 Å². The maximum atomic E-state index is 6.01. The van der Waals surface area contributed by atoms with Crippen molar-refractivity contribution >= 4 is 23.9 Å².